The van der Waals surface area contributed by atoms with E-state index in [0.717, 1.165) is 0 Å². The van der Waals surface area contributed by atoms with Crippen LogP contribution in [0.15, 0.2) is 63.7 Å². The van der Waals surface area contributed by atoms with E-state index in [4.69, 9.17) is 32.4 Å². The van der Waals surface area contributed by atoms with Gasteiger partial charge < -0.3 is 9.15 Å². The van der Waals surface area contributed by atoms with Crippen molar-refractivity contribution in [2.24, 2.45) is 0 Å². The van der Waals surface area contributed by atoms with Crippen LogP contribution in [0.4, 0.5) is 4.39 Å². The molecule has 0 spiro atoms. The van der Waals surface area contributed by atoms with Crippen molar-refractivity contribution in [3.63, 3.8) is 0 Å². The monoisotopic (exact) mass is 493 g/mol. The normalized spacial score (nSPS) is 10.9. The first-order chi connectivity index (χ1) is 14.0. The van der Waals surface area contributed by atoms with Crippen LogP contribution in [0, 0.1) is 5.82 Å². The van der Waals surface area contributed by atoms with Crippen molar-refractivity contribution < 1.29 is 13.5 Å². The molecule has 0 fully saturated rings. The number of nitrogens with zero attached hydrogens (tertiary/aromatic N) is 3. The molecule has 2 aromatic heterocycles. The van der Waals surface area contributed by atoms with Gasteiger partial charge in [0.25, 0.3) is 0 Å². The van der Waals surface area contributed by atoms with E-state index in [1.165, 1.54) is 0 Å². The maximum absolute atomic E-state index is 15.1. The Kier molecular flexibility index (Phi) is 5.80. The highest BCUT2D eigenvalue weighted by Gasteiger charge is 2.18. The molecule has 0 bridgehead atoms. The van der Waals surface area contributed by atoms with E-state index < -0.39 is 5.82 Å². The summed E-state index contributed by atoms with van der Waals surface area (Å²) in [6, 6.07) is 11.6. The summed E-state index contributed by atoms with van der Waals surface area (Å²) in [5.41, 5.74) is 0.977. The summed E-state index contributed by atoms with van der Waals surface area (Å²) >= 11 is 15.5. The molecular formula is C20H11BrCl2FN3O2. The SMILES string of the molecule is Fc1c(Cc2nnc(-c3cccnc3)o2)ccc(Cl)c1Oc1cc(Cl)cc(Br)c1. The van der Waals surface area contributed by atoms with Crippen LogP contribution in [0.25, 0.3) is 11.5 Å². The van der Waals surface area contributed by atoms with Gasteiger partial charge in [-0.15, -0.1) is 10.2 Å². The number of pyridine rings is 1. The second-order valence-electron chi connectivity index (χ2n) is 5.98. The Bertz CT molecular complexity index is 1150. The molecule has 0 radical (unpaired) electrons. The lowest BCUT2D eigenvalue weighted by Gasteiger charge is -2.12. The molecule has 0 aliphatic rings. The fourth-order valence-electron chi connectivity index (χ4n) is 2.60. The predicted octanol–water partition coefficient (Wildman–Crippen LogP) is 6.72. The van der Waals surface area contributed by atoms with Gasteiger partial charge in [0.1, 0.15) is 5.75 Å². The van der Waals surface area contributed by atoms with Gasteiger partial charge >= 0.3 is 0 Å². The molecule has 0 saturated carbocycles. The van der Waals surface area contributed by atoms with Crippen LogP contribution in [-0.2, 0) is 6.42 Å². The molecule has 0 atom stereocenters. The number of halogens is 4. The van der Waals surface area contributed by atoms with E-state index in [2.05, 4.69) is 31.1 Å². The van der Waals surface area contributed by atoms with Crippen LogP contribution < -0.4 is 4.74 Å². The smallest absolute Gasteiger partial charge is 0.249 e. The Morgan fingerprint density at radius 1 is 1.10 bits per heavy atom. The van der Waals surface area contributed by atoms with Gasteiger partial charge in [-0.1, -0.05) is 45.2 Å². The minimum atomic E-state index is -0.616. The van der Waals surface area contributed by atoms with Gasteiger partial charge in [-0.2, -0.15) is 0 Å². The second-order valence-corrected chi connectivity index (χ2v) is 7.74. The van der Waals surface area contributed by atoms with Gasteiger partial charge in [0.05, 0.1) is 17.0 Å². The minimum absolute atomic E-state index is 0.0753. The van der Waals surface area contributed by atoms with E-state index in [9.17, 15) is 0 Å². The summed E-state index contributed by atoms with van der Waals surface area (Å²) in [6.45, 7) is 0. The highest BCUT2D eigenvalue weighted by Crippen LogP contribution is 2.36. The van der Waals surface area contributed by atoms with Gasteiger partial charge in [0, 0.05) is 27.5 Å². The van der Waals surface area contributed by atoms with Crippen LogP contribution in [0.2, 0.25) is 10.0 Å². The molecule has 0 aliphatic carbocycles. The lowest BCUT2D eigenvalue weighted by molar-refractivity contribution is 0.437. The zero-order chi connectivity index (χ0) is 20.4. The maximum Gasteiger partial charge on any atom is 0.249 e. The van der Waals surface area contributed by atoms with Crippen LogP contribution in [0.3, 0.4) is 0 Å². The fraction of sp³-hybridized carbons (Fsp3) is 0.0500. The maximum atomic E-state index is 15.1. The molecule has 2 heterocycles. The predicted molar refractivity (Wildman–Crippen MR) is 111 cm³/mol. The zero-order valence-corrected chi connectivity index (χ0v) is 17.7. The molecule has 5 nitrogen and oxygen atoms in total. The largest absolute Gasteiger partial charge is 0.453 e. The summed E-state index contributed by atoms with van der Waals surface area (Å²) in [5, 5.41) is 8.53. The molecule has 2 aromatic carbocycles. The molecule has 0 unspecified atom stereocenters. The number of hydrogen-bond acceptors (Lipinski definition) is 5. The molecular weight excluding hydrogens is 484 g/mol. The number of aromatic nitrogens is 3. The third-order valence-electron chi connectivity index (χ3n) is 3.90. The zero-order valence-electron chi connectivity index (χ0n) is 14.6. The van der Waals surface area contributed by atoms with Gasteiger partial charge in [-0.3, -0.25) is 4.98 Å². The summed E-state index contributed by atoms with van der Waals surface area (Å²) in [7, 11) is 0. The quantitative estimate of drug-likeness (QED) is 0.308. The van der Waals surface area contributed by atoms with Gasteiger partial charge in [0.15, 0.2) is 11.6 Å². The van der Waals surface area contributed by atoms with E-state index >= 15 is 4.39 Å². The average Bonchev–Trinajstić information content (AvgIpc) is 3.16. The minimum Gasteiger partial charge on any atom is -0.453 e. The van der Waals surface area contributed by atoms with Crippen molar-refractivity contribution in [2.45, 2.75) is 6.42 Å². The highest BCUT2D eigenvalue weighted by atomic mass is 79.9. The van der Waals surface area contributed by atoms with Gasteiger partial charge in [0.2, 0.25) is 11.8 Å². The van der Waals surface area contributed by atoms with Crippen LogP contribution in [-0.4, -0.2) is 15.2 Å². The molecule has 0 amide bonds. The summed E-state index contributed by atoms with van der Waals surface area (Å²) < 4.78 is 27.1. The van der Waals surface area contributed by atoms with Crippen LogP contribution >= 0.6 is 39.1 Å². The average molecular weight is 495 g/mol. The summed E-state index contributed by atoms with van der Waals surface area (Å²) in [5.74, 6) is 0.184. The van der Waals surface area contributed by atoms with Crippen molar-refractivity contribution in [1.82, 2.24) is 15.2 Å². The Morgan fingerprint density at radius 3 is 2.72 bits per heavy atom. The molecule has 0 saturated heterocycles. The van der Waals surface area contributed by atoms with E-state index in [0.29, 0.717) is 32.3 Å². The van der Waals surface area contributed by atoms with Crippen molar-refractivity contribution in [2.75, 3.05) is 0 Å². The third-order valence-corrected chi connectivity index (χ3v) is 4.88. The Hall–Kier alpha value is -2.48. The van der Waals surface area contributed by atoms with E-state index in [1.807, 2.05) is 0 Å². The van der Waals surface area contributed by atoms with Crippen LogP contribution in [0.1, 0.15) is 11.5 Å². The van der Waals surface area contributed by atoms with Crippen molar-refractivity contribution in [1.29, 1.82) is 0 Å². The fourth-order valence-corrected chi connectivity index (χ4v) is 3.62. The number of rotatable bonds is 5. The van der Waals surface area contributed by atoms with Gasteiger partial charge in [-0.25, -0.2) is 4.39 Å². The first-order valence-corrected chi connectivity index (χ1v) is 9.88. The summed E-state index contributed by atoms with van der Waals surface area (Å²) in [4.78, 5) is 4.01. The standard InChI is InChI=1S/C20H11BrCl2FN3O2/c21-13-7-14(22)9-15(8-13)28-19-16(23)4-3-11(18(19)24)6-17-26-27-20(29-17)12-2-1-5-25-10-12/h1-5,7-10H,6H2. The molecule has 0 aliphatic heterocycles. The van der Waals surface area contributed by atoms with E-state index in [-0.39, 0.29) is 23.1 Å². The van der Waals surface area contributed by atoms with Crippen molar-refractivity contribution >= 4 is 39.1 Å². The van der Waals surface area contributed by atoms with Crippen molar-refractivity contribution in [3.8, 4) is 23.0 Å². The number of ether oxygens (including phenoxy) is 1. The molecule has 4 aromatic rings. The lowest BCUT2D eigenvalue weighted by Crippen LogP contribution is -1.98. The first-order valence-electron chi connectivity index (χ1n) is 8.33. The molecule has 29 heavy (non-hydrogen) atoms. The Morgan fingerprint density at radius 2 is 1.97 bits per heavy atom. The molecule has 0 N–H and O–H groups in total. The van der Waals surface area contributed by atoms with Crippen LogP contribution in [0.5, 0.6) is 11.5 Å². The Labute approximate surface area is 183 Å². The topological polar surface area (TPSA) is 61.0 Å². The first kappa shape index (κ1) is 19.8. The van der Waals surface area contributed by atoms with Gasteiger partial charge in [-0.05, 0) is 36.4 Å². The lowest BCUT2D eigenvalue weighted by atomic mass is 10.1. The third kappa shape index (κ3) is 4.58. The summed E-state index contributed by atoms with van der Waals surface area (Å²) in [6.07, 6.45) is 3.32. The highest BCUT2D eigenvalue weighted by molar-refractivity contribution is 9.10. The molecule has 4 rings (SSSR count). The number of benzene rings is 2. The Balaban J connectivity index is 1.61. The molecule has 146 valence electrons. The number of hydrogen-bond donors (Lipinski definition) is 0. The molecule has 9 heteroatoms. The van der Waals surface area contributed by atoms with Crippen molar-refractivity contribution in [3.05, 3.63) is 86.6 Å². The van der Waals surface area contributed by atoms with E-state index in [1.54, 1.807) is 54.9 Å². The second kappa shape index (κ2) is 8.49.